The Morgan fingerprint density at radius 2 is 1.92 bits per heavy atom. The molecule has 0 atom stereocenters. The average molecular weight is 185 g/mol. The minimum Gasteiger partial charge on any atom is -0.362 e. The topological polar surface area (TPSA) is 63.7 Å². The van der Waals surface area contributed by atoms with Crippen LogP contribution in [0, 0.1) is 0 Å². The molecular formula is C8H11NO4. The maximum absolute atomic E-state index is 11.1. The Kier molecular flexibility index (Phi) is 3.13. The molecule has 0 aromatic rings. The molecule has 0 aromatic carbocycles. The number of carbonyl (C=O) groups is 3. The molecule has 0 radical (unpaired) electrons. The van der Waals surface area contributed by atoms with Crippen molar-refractivity contribution in [3.05, 3.63) is 0 Å². The van der Waals surface area contributed by atoms with Crippen LogP contribution in [0.25, 0.3) is 0 Å². The van der Waals surface area contributed by atoms with E-state index in [1.165, 1.54) is 0 Å². The van der Waals surface area contributed by atoms with Crippen molar-refractivity contribution in [3.63, 3.8) is 0 Å². The number of ether oxygens (including phenoxy) is 1. The predicted molar refractivity (Wildman–Crippen MR) is 42.8 cm³/mol. The molecule has 1 rings (SSSR count). The normalized spacial score (nSPS) is 17.8. The van der Waals surface area contributed by atoms with Crippen LogP contribution in [0.5, 0.6) is 0 Å². The minimum absolute atomic E-state index is 0.108. The van der Waals surface area contributed by atoms with E-state index < -0.39 is 11.8 Å². The molecule has 72 valence electrons. The van der Waals surface area contributed by atoms with Crippen molar-refractivity contribution in [2.24, 2.45) is 0 Å². The zero-order valence-corrected chi connectivity index (χ0v) is 7.41. The molecule has 1 fully saturated rings. The number of rotatable bonds is 3. The Hall–Kier alpha value is -1.23. The lowest BCUT2D eigenvalue weighted by molar-refractivity contribution is -0.160. The van der Waals surface area contributed by atoms with Crippen molar-refractivity contribution in [3.8, 4) is 0 Å². The molecule has 0 spiro atoms. The Morgan fingerprint density at radius 3 is 2.38 bits per heavy atom. The van der Waals surface area contributed by atoms with Crippen molar-refractivity contribution in [2.45, 2.75) is 13.3 Å². The molecule has 1 heterocycles. The summed E-state index contributed by atoms with van der Waals surface area (Å²) in [6.07, 6.45) is 0.331. The highest BCUT2D eigenvalue weighted by Gasteiger charge is 2.27. The summed E-state index contributed by atoms with van der Waals surface area (Å²) in [5.41, 5.74) is 0. The summed E-state index contributed by atoms with van der Waals surface area (Å²) >= 11 is 0. The lowest BCUT2D eigenvalue weighted by Gasteiger charge is -2.23. The summed E-state index contributed by atoms with van der Waals surface area (Å²) in [5, 5.41) is 0. The zero-order chi connectivity index (χ0) is 9.84. The number of ketones is 1. The number of amides is 2. The minimum atomic E-state index is -0.432. The summed E-state index contributed by atoms with van der Waals surface area (Å²) in [6.45, 7) is 1.36. The fraction of sp³-hybridized carbons (Fsp3) is 0.625. The van der Waals surface area contributed by atoms with E-state index in [1.807, 2.05) is 0 Å². The van der Waals surface area contributed by atoms with Gasteiger partial charge in [0.1, 0.15) is 13.2 Å². The molecule has 0 aromatic heterocycles. The van der Waals surface area contributed by atoms with Crippen LogP contribution < -0.4 is 0 Å². The summed E-state index contributed by atoms with van der Waals surface area (Å²) in [4.78, 5) is 34.1. The summed E-state index contributed by atoms with van der Waals surface area (Å²) < 4.78 is 4.69. The van der Waals surface area contributed by atoms with E-state index in [9.17, 15) is 14.4 Å². The first kappa shape index (κ1) is 9.85. The molecule has 1 aliphatic rings. The lowest BCUT2D eigenvalue weighted by atomic mass is 10.2. The maximum atomic E-state index is 11.1. The van der Waals surface area contributed by atoms with E-state index in [0.29, 0.717) is 6.42 Å². The van der Waals surface area contributed by atoms with Gasteiger partial charge in [0.15, 0.2) is 5.78 Å². The highest BCUT2D eigenvalue weighted by atomic mass is 16.5. The third-order valence-corrected chi connectivity index (χ3v) is 1.78. The molecular weight excluding hydrogens is 174 g/mol. The molecule has 5 heteroatoms. The van der Waals surface area contributed by atoms with Crippen molar-refractivity contribution in [1.82, 2.24) is 4.90 Å². The third kappa shape index (κ3) is 2.35. The molecule has 2 amide bonds. The number of morpholine rings is 1. The van der Waals surface area contributed by atoms with Gasteiger partial charge in [-0.3, -0.25) is 19.3 Å². The molecule has 0 aliphatic carbocycles. The van der Waals surface area contributed by atoms with Gasteiger partial charge < -0.3 is 4.74 Å². The van der Waals surface area contributed by atoms with Gasteiger partial charge in [0, 0.05) is 6.42 Å². The molecule has 1 saturated heterocycles. The Morgan fingerprint density at radius 1 is 1.38 bits per heavy atom. The van der Waals surface area contributed by atoms with Gasteiger partial charge in [0.2, 0.25) is 0 Å². The van der Waals surface area contributed by atoms with E-state index in [0.717, 1.165) is 4.90 Å². The van der Waals surface area contributed by atoms with Crippen LogP contribution in [-0.4, -0.2) is 42.3 Å². The van der Waals surface area contributed by atoms with Gasteiger partial charge in [0.25, 0.3) is 11.8 Å². The molecule has 5 nitrogen and oxygen atoms in total. The molecule has 0 bridgehead atoms. The number of carbonyl (C=O) groups excluding carboxylic acids is 3. The Labute approximate surface area is 75.6 Å². The van der Waals surface area contributed by atoms with Gasteiger partial charge in [-0.25, -0.2) is 0 Å². The van der Waals surface area contributed by atoms with Crippen LogP contribution in [-0.2, 0) is 19.1 Å². The molecule has 1 aliphatic heterocycles. The summed E-state index contributed by atoms with van der Waals surface area (Å²) in [7, 11) is 0. The summed E-state index contributed by atoms with van der Waals surface area (Å²) in [6, 6.07) is 0. The Bertz CT molecular complexity index is 233. The van der Waals surface area contributed by atoms with Crippen LogP contribution in [0.2, 0.25) is 0 Å². The fourth-order valence-electron chi connectivity index (χ4n) is 0.985. The average Bonchev–Trinajstić information content (AvgIpc) is 2.11. The summed E-state index contributed by atoms with van der Waals surface area (Å²) in [5.74, 6) is -0.986. The van der Waals surface area contributed by atoms with E-state index in [4.69, 9.17) is 0 Å². The SMILES string of the molecule is CCC(=O)CN1C(=O)COCC1=O. The van der Waals surface area contributed by atoms with Gasteiger partial charge in [-0.05, 0) is 0 Å². The second-order valence-corrected chi connectivity index (χ2v) is 2.76. The van der Waals surface area contributed by atoms with Gasteiger partial charge in [-0.2, -0.15) is 0 Å². The Balaban J connectivity index is 2.59. The highest BCUT2D eigenvalue weighted by molar-refractivity contribution is 6.01. The van der Waals surface area contributed by atoms with E-state index in [2.05, 4.69) is 4.74 Å². The number of hydrogen-bond donors (Lipinski definition) is 0. The van der Waals surface area contributed by atoms with Crippen LogP contribution in [0.1, 0.15) is 13.3 Å². The van der Waals surface area contributed by atoms with Crippen molar-refractivity contribution >= 4 is 17.6 Å². The van der Waals surface area contributed by atoms with Gasteiger partial charge in [-0.1, -0.05) is 6.92 Å². The number of hydrogen-bond acceptors (Lipinski definition) is 4. The van der Waals surface area contributed by atoms with Gasteiger partial charge in [-0.15, -0.1) is 0 Å². The second-order valence-electron chi connectivity index (χ2n) is 2.76. The van der Waals surface area contributed by atoms with E-state index in [-0.39, 0.29) is 25.5 Å². The molecule has 0 N–H and O–H groups in total. The van der Waals surface area contributed by atoms with Crippen LogP contribution in [0.4, 0.5) is 0 Å². The smallest absolute Gasteiger partial charge is 0.255 e. The first-order valence-corrected chi connectivity index (χ1v) is 4.07. The van der Waals surface area contributed by atoms with Crippen LogP contribution in [0.15, 0.2) is 0 Å². The number of nitrogens with zero attached hydrogens (tertiary/aromatic N) is 1. The van der Waals surface area contributed by atoms with Crippen molar-refractivity contribution in [2.75, 3.05) is 19.8 Å². The molecule has 0 saturated carbocycles. The lowest BCUT2D eigenvalue weighted by Crippen LogP contribution is -2.48. The number of Topliss-reactive ketones (excluding diaryl/α,β-unsaturated/α-hetero) is 1. The monoisotopic (exact) mass is 185 g/mol. The van der Waals surface area contributed by atoms with Crippen molar-refractivity contribution < 1.29 is 19.1 Å². The number of imide groups is 1. The molecule has 13 heavy (non-hydrogen) atoms. The maximum Gasteiger partial charge on any atom is 0.255 e. The molecule has 0 unspecified atom stereocenters. The predicted octanol–water partition coefficient (Wildman–Crippen LogP) is -0.649. The quantitative estimate of drug-likeness (QED) is 0.548. The second kappa shape index (κ2) is 4.13. The zero-order valence-electron chi connectivity index (χ0n) is 7.41. The van der Waals surface area contributed by atoms with E-state index in [1.54, 1.807) is 6.92 Å². The highest BCUT2D eigenvalue weighted by Crippen LogP contribution is 2.01. The first-order chi connectivity index (χ1) is 6.15. The first-order valence-electron chi connectivity index (χ1n) is 4.07. The van der Waals surface area contributed by atoms with Crippen molar-refractivity contribution in [1.29, 1.82) is 0 Å². The van der Waals surface area contributed by atoms with E-state index >= 15 is 0 Å². The standard InChI is InChI=1S/C8H11NO4/c1-2-6(10)3-9-7(11)4-13-5-8(9)12/h2-5H2,1H3. The third-order valence-electron chi connectivity index (χ3n) is 1.78. The van der Waals surface area contributed by atoms with Crippen LogP contribution >= 0.6 is 0 Å². The largest absolute Gasteiger partial charge is 0.362 e. The van der Waals surface area contributed by atoms with Gasteiger partial charge in [0.05, 0.1) is 6.54 Å². The fourth-order valence-corrected chi connectivity index (χ4v) is 0.985. The van der Waals surface area contributed by atoms with Gasteiger partial charge >= 0.3 is 0 Å². The van der Waals surface area contributed by atoms with Crippen LogP contribution in [0.3, 0.4) is 0 Å².